The highest BCUT2D eigenvalue weighted by Crippen LogP contribution is 2.38. The van der Waals surface area contributed by atoms with Gasteiger partial charge in [0.05, 0.1) is 21.8 Å². The first kappa shape index (κ1) is 25.9. The lowest BCUT2D eigenvalue weighted by Crippen LogP contribution is -2.13. The number of nitrogens with zero attached hydrogens (tertiary/aromatic N) is 1. The minimum atomic E-state index is -0.581. The molecule has 1 N–H and O–H groups in total. The highest BCUT2D eigenvalue weighted by Gasteiger charge is 2.16. The number of rotatable bonds is 8. The van der Waals surface area contributed by atoms with E-state index in [1.54, 1.807) is 54.6 Å². The van der Waals surface area contributed by atoms with Crippen LogP contribution in [0.3, 0.4) is 0 Å². The van der Waals surface area contributed by atoms with Crippen LogP contribution in [0.15, 0.2) is 64.6 Å². The van der Waals surface area contributed by atoms with E-state index in [4.69, 9.17) is 44.3 Å². The molecule has 3 aromatic rings. The van der Waals surface area contributed by atoms with Gasteiger partial charge in [-0.3, -0.25) is 4.79 Å². The number of hydrogen-bond acceptors (Lipinski definition) is 4. The summed E-state index contributed by atoms with van der Waals surface area (Å²) in [6.45, 7) is 2.41. The van der Waals surface area contributed by atoms with Crippen molar-refractivity contribution in [3.63, 3.8) is 0 Å². The minimum absolute atomic E-state index is 0.101. The van der Waals surface area contributed by atoms with E-state index in [2.05, 4.69) is 21.2 Å². The Morgan fingerprint density at radius 1 is 1.09 bits per heavy atom. The highest BCUT2D eigenvalue weighted by atomic mass is 79.9. The maximum absolute atomic E-state index is 12.6. The molecule has 34 heavy (non-hydrogen) atoms. The Morgan fingerprint density at radius 2 is 1.85 bits per heavy atom. The Labute approximate surface area is 221 Å². The molecule has 0 heterocycles. The number of para-hydroxylation sites is 1. The van der Waals surface area contributed by atoms with E-state index in [1.807, 2.05) is 13.0 Å². The van der Waals surface area contributed by atoms with Gasteiger partial charge in [0.2, 0.25) is 0 Å². The second-order valence-electron chi connectivity index (χ2n) is 6.89. The first-order valence-corrected chi connectivity index (χ1v) is 12.0. The van der Waals surface area contributed by atoms with Crippen molar-refractivity contribution >= 4 is 68.4 Å². The monoisotopic (exact) mass is 578 g/mol. The van der Waals surface area contributed by atoms with E-state index >= 15 is 0 Å². The van der Waals surface area contributed by atoms with Gasteiger partial charge in [-0.15, -0.1) is 0 Å². The normalized spacial score (nSPS) is 11.0. The van der Waals surface area contributed by atoms with Gasteiger partial charge in [0.15, 0.2) is 11.5 Å². The first-order valence-electron chi connectivity index (χ1n) is 10.0. The molecule has 174 valence electrons. The van der Waals surface area contributed by atoms with Crippen molar-refractivity contribution in [2.75, 3.05) is 11.9 Å². The van der Waals surface area contributed by atoms with Crippen molar-refractivity contribution in [2.45, 2.75) is 13.5 Å². The van der Waals surface area contributed by atoms with Crippen LogP contribution in [0.5, 0.6) is 11.5 Å². The van der Waals surface area contributed by atoms with Crippen LogP contribution in [0.25, 0.3) is 6.08 Å². The van der Waals surface area contributed by atoms with Crippen LogP contribution in [-0.4, -0.2) is 12.5 Å². The smallest absolute Gasteiger partial charge is 0.266 e. The molecule has 0 aliphatic carbocycles. The van der Waals surface area contributed by atoms with E-state index in [0.717, 1.165) is 5.56 Å². The molecule has 0 aliphatic heterocycles. The number of anilines is 1. The SMILES string of the molecule is CCOc1cc(/C=C(/C#N)C(=O)Nc2ccccc2Cl)cc(Br)c1OCc1ccc(Cl)cc1Cl. The zero-order valence-electron chi connectivity index (χ0n) is 17.9. The van der Waals surface area contributed by atoms with Crippen LogP contribution in [0.1, 0.15) is 18.1 Å². The van der Waals surface area contributed by atoms with Gasteiger partial charge in [0, 0.05) is 15.6 Å². The number of carbonyl (C=O) groups excluding carboxylic acids is 1. The van der Waals surface area contributed by atoms with Crippen LogP contribution in [0.4, 0.5) is 5.69 Å². The summed E-state index contributed by atoms with van der Waals surface area (Å²) in [6, 6.07) is 17.3. The number of halogens is 4. The fraction of sp³-hybridized carbons (Fsp3) is 0.120. The lowest BCUT2D eigenvalue weighted by molar-refractivity contribution is -0.112. The molecule has 0 radical (unpaired) electrons. The number of nitriles is 1. The molecule has 1 amide bonds. The molecule has 0 unspecified atom stereocenters. The van der Waals surface area contributed by atoms with Crippen LogP contribution in [-0.2, 0) is 11.4 Å². The number of hydrogen-bond donors (Lipinski definition) is 1. The van der Waals surface area contributed by atoms with Crippen molar-refractivity contribution in [2.24, 2.45) is 0 Å². The maximum atomic E-state index is 12.6. The molecular formula is C25H18BrCl3N2O3. The Morgan fingerprint density at radius 3 is 2.53 bits per heavy atom. The van der Waals surface area contributed by atoms with Crippen molar-refractivity contribution in [1.29, 1.82) is 5.26 Å². The summed E-state index contributed by atoms with van der Waals surface area (Å²) in [4.78, 5) is 12.6. The Balaban J connectivity index is 1.87. The average Bonchev–Trinajstić information content (AvgIpc) is 2.79. The standard InChI is InChI=1S/C25H18BrCl3N2O3/c1-2-33-23-11-15(9-17(13-30)25(32)31-22-6-4-3-5-20(22)28)10-19(26)24(23)34-14-16-7-8-18(27)12-21(16)29/h3-12H,2,14H2,1H3,(H,31,32)/b17-9-. The fourth-order valence-corrected chi connectivity index (χ4v) is 4.15. The van der Waals surface area contributed by atoms with Gasteiger partial charge in [-0.25, -0.2) is 0 Å². The Hall–Kier alpha value is -2.69. The minimum Gasteiger partial charge on any atom is -0.490 e. The third kappa shape index (κ3) is 6.68. The lowest BCUT2D eigenvalue weighted by Gasteiger charge is -2.15. The van der Waals surface area contributed by atoms with Gasteiger partial charge in [-0.05, 0) is 70.9 Å². The number of nitrogens with one attached hydrogen (secondary N) is 1. The van der Waals surface area contributed by atoms with Crippen molar-refractivity contribution in [1.82, 2.24) is 0 Å². The molecule has 0 saturated heterocycles. The van der Waals surface area contributed by atoms with Crippen molar-refractivity contribution in [3.05, 3.63) is 90.8 Å². The molecule has 0 saturated carbocycles. The quantitative estimate of drug-likeness (QED) is 0.217. The van der Waals surface area contributed by atoms with E-state index < -0.39 is 5.91 Å². The molecule has 3 aromatic carbocycles. The fourth-order valence-electron chi connectivity index (χ4n) is 2.93. The Kier molecular flexibility index (Phi) is 9.26. The topological polar surface area (TPSA) is 71.3 Å². The molecule has 0 atom stereocenters. The van der Waals surface area contributed by atoms with Crippen LogP contribution in [0, 0.1) is 11.3 Å². The van der Waals surface area contributed by atoms with E-state index in [0.29, 0.717) is 48.9 Å². The number of amides is 1. The summed E-state index contributed by atoms with van der Waals surface area (Å²) >= 11 is 21.8. The second kappa shape index (κ2) is 12.1. The molecule has 0 spiro atoms. The number of benzene rings is 3. The molecular weight excluding hydrogens is 563 g/mol. The first-order chi connectivity index (χ1) is 16.3. The molecule has 5 nitrogen and oxygen atoms in total. The molecule has 3 rings (SSSR count). The van der Waals surface area contributed by atoms with E-state index in [1.165, 1.54) is 6.08 Å². The van der Waals surface area contributed by atoms with Gasteiger partial charge in [-0.2, -0.15) is 5.26 Å². The van der Waals surface area contributed by atoms with Gasteiger partial charge in [0.25, 0.3) is 5.91 Å². The molecule has 9 heteroatoms. The predicted octanol–water partition coefficient (Wildman–Crippen LogP) is 7.93. The van der Waals surface area contributed by atoms with Gasteiger partial charge in [-0.1, -0.05) is 53.0 Å². The number of ether oxygens (including phenoxy) is 2. The van der Waals surface area contributed by atoms with Crippen LogP contribution in [0.2, 0.25) is 15.1 Å². The zero-order chi connectivity index (χ0) is 24.7. The van der Waals surface area contributed by atoms with Crippen molar-refractivity contribution < 1.29 is 14.3 Å². The highest BCUT2D eigenvalue weighted by molar-refractivity contribution is 9.10. The third-order valence-corrected chi connectivity index (χ3v) is 6.02. The molecule has 0 aromatic heterocycles. The molecule has 0 aliphatic rings. The summed E-state index contributed by atoms with van der Waals surface area (Å²) in [5.41, 5.74) is 1.64. The summed E-state index contributed by atoms with van der Waals surface area (Å²) in [5, 5.41) is 13.6. The molecule has 0 bridgehead atoms. The summed E-state index contributed by atoms with van der Waals surface area (Å²) in [7, 11) is 0. The second-order valence-corrected chi connectivity index (χ2v) is 9.00. The largest absolute Gasteiger partial charge is 0.490 e. The van der Waals surface area contributed by atoms with Crippen LogP contribution < -0.4 is 14.8 Å². The van der Waals surface area contributed by atoms with E-state index in [-0.39, 0.29) is 12.2 Å². The summed E-state index contributed by atoms with van der Waals surface area (Å²) in [5.74, 6) is 0.323. The van der Waals surface area contributed by atoms with Gasteiger partial charge in [0.1, 0.15) is 18.2 Å². The summed E-state index contributed by atoms with van der Waals surface area (Å²) < 4.78 is 12.3. The summed E-state index contributed by atoms with van der Waals surface area (Å²) in [6.07, 6.45) is 1.46. The maximum Gasteiger partial charge on any atom is 0.266 e. The van der Waals surface area contributed by atoms with E-state index in [9.17, 15) is 10.1 Å². The number of carbonyl (C=O) groups is 1. The lowest BCUT2D eigenvalue weighted by atomic mass is 10.1. The zero-order valence-corrected chi connectivity index (χ0v) is 21.7. The predicted molar refractivity (Wildman–Crippen MR) is 140 cm³/mol. The Bertz CT molecular complexity index is 1290. The third-order valence-electron chi connectivity index (χ3n) is 4.52. The van der Waals surface area contributed by atoms with Crippen LogP contribution >= 0.6 is 50.7 Å². The van der Waals surface area contributed by atoms with Gasteiger partial charge < -0.3 is 14.8 Å². The van der Waals surface area contributed by atoms with Crippen molar-refractivity contribution in [3.8, 4) is 17.6 Å². The van der Waals surface area contributed by atoms with Gasteiger partial charge >= 0.3 is 0 Å². The molecule has 0 fully saturated rings. The average molecular weight is 581 g/mol.